The summed E-state index contributed by atoms with van der Waals surface area (Å²) in [5, 5.41) is 0. The summed E-state index contributed by atoms with van der Waals surface area (Å²) in [5.74, 6) is 1.37. The number of rotatable bonds is 3. The summed E-state index contributed by atoms with van der Waals surface area (Å²) in [4.78, 5) is 18.7. The molecule has 0 saturated heterocycles. The van der Waals surface area contributed by atoms with Crippen LogP contribution in [-0.4, -0.2) is 36.6 Å². The number of carbonyl (C=O) groups excluding carboxylic acids is 1. The minimum Gasteiger partial charge on any atom is -0.493 e. The van der Waals surface area contributed by atoms with E-state index in [-0.39, 0.29) is 11.9 Å². The molecule has 0 aliphatic carbocycles. The highest BCUT2D eigenvalue weighted by Gasteiger charge is 2.30. The molecule has 23 heavy (non-hydrogen) atoms. The lowest BCUT2D eigenvalue weighted by Crippen LogP contribution is -2.39. The van der Waals surface area contributed by atoms with Gasteiger partial charge in [0.15, 0.2) is 11.5 Å². The number of fused-ring (bicyclic) bond motifs is 1. The zero-order valence-electron chi connectivity index (χ0n) is 13.6. The van der Waals surface area contributed by atoms with E-state index in [9.17, 15) is 4.79 Å². The van der Waals surface area contributed by atoms with Crippen molar-refractivity contribution in [3.63, 3.8) is 0 Å². The van der Waals surface area contributed by atoms with Gasteiger partial charge >= 0.3 is 0 Å². The Morgan fingerprint density at radius 3 is 2.61 bits per heavy atom. The molecule has 1 aliphatic heterocycles. The van der Waals surface area contributed by atoms with E-state index in [0.717, 1.165) is 17.7 Å². The topological polar surface area (TPSA) is 51.7 Å². The van der Waals surface area contributed by atoms with Crippen LogP contribution in [0.15, 0.2) is 36.5 Å². The molecule has 1 aromatic heterocycles. The molecule has 0 bridgehead atoms. The summed E-state index contributed by atoms with van der Waals surface area (Å²) in [6, 6.07) is 9.33. The van der Waals surface area contributed by atoms with Gasteiger partial charge in [0.05, 0.1) is 20.3 Å². The van der Waals surface area contributed by atoms with Gasteiger partial charge in [-0.05, 0) is 48.7 Å². The molecule has 3 rings (SSSR count). The summed E-state index contributed by atoms with van der Waals surface area (Å²) >= 11 is 0. The minimum absolute atomic E-state index is 0.0342. The van der Waals surface area contributed by atoms with Gasteiger partial charge in [-0.2, -0.15) is 0 Å². The Balaban J connectivity index is 1.94. The largest absolute Gasteiger partial charge is 0.493 e. The van der Waals surface area contributed by atoms with Crippen molar-refractivity contribution >= 4 is 5.91 Å². The molecular weight excluding hydrogens is 292 g/mol. The number of hydrogen-bond donors (Lipinski definition) is 0. The van der Waals surface area contributed by atoms with Crippen LogP contribution in [0.4, 0.5) is 0 Å². The number of amides is 1. The number of hydrogen-bond acceptors (Lipinski definition) is 4. The normalized spacial score (nSPS) is 16.7. The third-order valence-electron chi connectivity index (χ3n) is 4.33. The SMILES string of the molecule is COc1cc2c(cc1OC)[C@@H](C)N(C(=O)c1ccccn1)CC2. The van der Waals surface area contributed by atoms with Crippen molar-refractivity contribution < 1.29 is 14.3 Å². The Bertz CT molecular complexity index is 716. The molecule has 1 atom stereocenters. The van der Waals surface area contributed by atoms with Crippen molar-refractivity contribution in [1.82, 2.24) is 9.88 Å². The standard InChI is InChI=1S/C18H20N2O3/c1-12-14-11-17(23-3)16(22-2)10-13(14)7-9-20(12)18(21)15-6-4-5-8-19-15/h4-6,8,10-12H,7,9H2,1-3H3/t12-/m1/s1. The monoisotopic (exact) mass is 312 g/mol. The van der Waals surface area contributed by atoms with Crippen LogP contribution >= 0.6 is 0 Å². The van der Waals surface area contributed by atoms with Crippen LogP contribution in [0, 0.1) is 0 Å². The summed E-state index contributed by atoms with van der Waals surface area (Å²) in [7, 11) is 3.25. The van der Waals surface area contributed by atoms with E-state index in [1.165, 1.54) is 5.56 Å². The van der Waals surface area contributed by atoms with E-state index in [2.05, 4.69) is 4.98 Å². The fraction of sp³-hybridized carbons (Fsp3) is 0.333. The van der Waals surface area contributed by atoms with Crippen molar-refractivity contribution in [2.24, 2.45) is 0 Å². The number of nitrogens with zero attached hydrogens (tertiary/aromatic N) is 2. The van der Waals surface area contributed by atoms with Crippen LogP contribution < -0.4 is 9.47 Å². The molecule has 0 spiro atoms. The van der Waals surface area contributed by atoms with Gasteiger partial charge in [0, 0.05) is 12.7 Å². The van der Waals surface area contributed by atoms with Crippen LogP contribution in [-0.2, 0) is 6.42 Å². The van der Waals surface area contributed by atoms with Gasteiger partial charge in [0.25, 0.3) is 5.91 Å². The number of aromatic nitrogens is 1. The molecule has 0 saturated carbocycles. The van der Waals surface area contributed by atoms with Crippen LogP contribution in [0.3, 0.4) is 0 Å². The zero-order chi connectivity index (χ0) is 16.4. The third-order valence-corrected chi connectivity index (χ3v) is 4.33. The number of carbonyl (C=O) groups is 1. The number of ether oxygens (including phenoxy) is 2. The van der Waals surface area contributed by atoms with E-state index in [1.54, 1.807) is 26.5 Å². The van der Waals surface area contributed by atoms with Gasteiger partial charge < -0.3 is 14.4 Å². The highest BCUT2D eigenvalue weighted by molar-refractivity contribution is 5.92. The number of pyridine rings is 1. The Kier molecular flexibility index (Phi) is 4.19. The number of methoxy groups -OCH3 is 2. The fourth-order valence-corrected chi connectivity index (χ4v) is 3.06. The van der Waals surface area contributed by atoms with Crippen molar-refractivity contribution in [2.45, 2.75) is 19.4 Å². The molecule has 1 amide bonds. The van der Waals surface area contributed by atoms with Gasteiger partial charge in [0.2, 0.25) is 0 Å². The molecule has 5 nitrogen and oxygen atoms in total. The van der Waals surface area contributed by atoms with Gasteiger partial charge in [-0.15, -0.1) is 0 Å². The third kappa shape index (κ3) is 2.74. The first-order valence-corrected chi connectivity index (χ1v) is 7.62. The maximum atomic E-state index is 12.7. The Morgan fingerprint density at radius 1 is 1.22 bits per heavy atom. The van der Waals surface area contributed by atoms with Crippen LogP contribution in [0.25, 0.3) is 0 Å². The minimum atomic E-state index is -0.0430. The molecule has 0 unspecified atom stereocenters. The zero-order valence-corrected chi connectivity index (χ0v) is 13.6. The van der Waals surface area contributed by atoms with Gasteiger partial charge in [-0.1, -0.05) is 6.07 Å². The van der Waals surface area contributed by atoms with E-state index < -0.39 is 0 Å². The van der Waals surface area contributed by atoms with Crippen molar-refractivity contribution in [2.75, 3.05) is 20.8 Å². The van der Waals surface area contributed by atoms with Gasteiger partial charge in [0.1, 0.15) is 5.69 Å². The fourth-order valence-electron chi connectivity index (χ4n) is 3.06. The van der Waals surface area contributed by atoms with Crippen molar-refractivity contribution in [3.8, 4) is 11.5 Å². The van der Waals surface area contributed by atoms with Crippen molar-refractivity contribution in [1.29, 1.82) is 0 Å². The Hall–Kier alpha value is -2.56. The average molecular weight is 312 g/mol. The van der Waals surface area contributed by atoms with E-state index >= 15 is 0 Å². The second-order valence-corrected chi connectivity index (χ2v) is 5.55. The van der Waals surface area contributed by atoms with Crippen LogP contribution in [0.2, 0.25) is 0 Å². The molecule has 0 fully saturated rings. The van der Waals surface area contributed by atoms with E-state index in [4.69, 9.17) is 9.47 Å². The predicted octanol–water partition coefficient (Wildman–Crippen LogP) is 2.86. The molecule has 5 heteroatoms. The van der Waals surface area contributed by atoms with Gasteiger partial charge in [-0.3, -0.25) is 9.78 Å². The smallest absolute Gasteiger partial charge is 0.272 e. The average Bonchev–Trinajstić information content (AvgIpc) is 2.61. The molecule has 1 aliphatic rings. The van der Waals surface area contributed by atoms with E-state index in [0.29, 0.717) is 18.0 Å². The maximum absolute atomic E-state index is 12.7. The highest BCUT2D eigenvalue weighted by Crippen LogP contribution is 2.38. The summed E-state index contributed by atoms with van der Waals surface area (Å²) in [6.07, 6.45) is 2.43. The molecule has 2 aromatic rings. The molecule has 0 radical (unpaired) electrons. The lowest BCUT2D eigenvalue weighted by molar-refractivity contribution is 0.0671. The van der Waals surface area contributed by atoms with E-state index in [1.807, 2.05) is 36.1 Å². The van der Waals surface area contributed by atoms with Crippen LogP contribution in [0.1, 0.15) is 34.6 Å². The molecule has 2 heterocycles. The van der Waals surface area contributed by atoms with Gasteiger partial charge in [-0.25, -0.2) is 0 Å². The number of benzene rings is 1. The first kappa shape index (κ1) is 15.3. The lowest BCUT2D eigenvalue weighted by atomic mass is 9.92. The summed E-state index contributed by atoms with van der Waals surface area (Å²) < 4.78 is 10.8. The molecule has 0 N–H and O–H groups in total. The first-order valence-electron chi connectivity index (χ1n) is 7.62. The second-order valence-electron chi connectivity index (χ2n) is 5.55. The van der Waals surface area contributed by atoms with Crippen LogP contribution in [0.5, 0.6) is 11.5 Å². The first-order chi connectivity index (χ1) is 11.2. The molecule has 120 valence electrons. The maximum Gasteiger partial charge on any atom is 0.272 e. The summed E-state index contributed by atoms with van der Waals surface area (Å²) in [5.41, 5.74) is 2.77. The van der Waals surface area contributed by atoms with Crippen molar-refractivity contribution in [3.05, 3.63) is 53.3 Å². The quantitative estimate of drug-likeness (QED) is 0.874. The second kappa shape index (κ2) is 6.28. The molecular formula is C18H20N2O3. The molecule has 1 aromatic carbocycles. The Labute approximate surface area is 135 Å². The predicted molar refractivity (Wildman–Crippen MR) is 86.9 cm³/mol. The lowest BCUT2D eigenvalue weighted by Gasteiger charge is -2.35. The Morgan fingerprint density at radius 2 is 1.96 bits per heavy atom. The highest BCUT2D eigenvalue weighted by atomic mass is 16.5. The summed E-state index contributed by atoms with van der Waals surface area (Å²) in [6.45, 7) is 2.70.